The minimum absolute atomic E-state index is 0. The predicted molar refractivity (Wildman–Crippen MR) is 121 cm³/mol. The maximum Gasteiger partial charge on any atom is 0.241 e. The largest absolute Gasteiger partial charge is 0.497 e. The van der Waals surface area contributed by atoms with Gasteiger partial charge in [-0.3, -0.25) is 4.79 Å². The van der Waals surface area contributed by atoms with Crippen LogP contribution in [0.1, 0.15) is 38.2 Å². The van der Waals surface area contributed by atoms with Crippen molar-refractivity contribution in [2.24, 2.45) is 10.9 Å². The number of rotatable bonds is 6. The molecule has 27 heavy (non-hydrogen) atoms. The SMILES string of the molecule is COc1cccc(CN=C(NCC(=O)N(C)C)NC2CCCCC2C)c1.I. The second-order valence-electron chi connectivity index (χ2n) is 7.17. The molecule has 2 unspecified atom stereocenters. The molecule has 2 atom stereocenters. The summed E-state index contributed by atoms with van der Waals surface area (Å²) in [5.41, 5.74) is 1.07. The number of hydrogen-bond donors (Lipinski definition) is 2. The zero-order chi connectivity index (χ0) is 18.9. The number of hydrogen-bond acceptors (Lipinski definition) is 3. The third kappa shape index (κ3) is 7.94. The topological polar surface area (TPSA) is 66.0 Å². The van der Waals surface area contributed by atoms with E-state index in [2.05, 4.69) is 17.6 Å². The van der Waals surface area contributed by atoms with Crippen LogP contribution in [0.2, 0.25) is 0 Å². The molecule has 7 heteroatoms. The van der Waals surface area contributed by atoms with Crippen molar-refractivity contribution in [1.29, 1.82) is 0 Å². The predicted octanol–water partition coefficient (Wildman–Crippen LogP) is 3.02. The van der Waals surface area contributed by atoms with Crippen LogP contribution in [0, 0.1) is 5.92 Å². The molecule has 1 fully saturated rings. The first-order valence-electron chi connectivity index (χ1n) is 9.37. The molecule has 0 radical (unpaired) electrons. The van der Waals surface area contributed by atoms with E-state index >= 15 is 0 Å². The van der Waals surface area contributed by atoms with Gasteiger partial charge in [-0.2, -0.15) is 0 Å². The summed E-state index contributed by atoms with van der Waals surface area (Å²) in [5.74, 6) is 2.15. The molecular weight excluding hydrogens is 455 g/mol. The smallest absolute Gasteiger partial charge is 0.241 e. The Balaban J connectivity index is 0.00000364. The molecule has 2 N–H and O–H groups in total. The highest BCUT2D eigenvalue weighted by Crippen LogP contribution is 2.23. The number of ether oxygens (including phenoxy) is 1. The molecule has 0 aliphatic heterocycles. The van der Waals surface area contributed by atoms with Crippen molar-refractivity contribution in [2.45, 2.75) is 45.2 Å². The minimum atomic E-state index is 0. The first kappa shape index (κ1) is 23.5. The number of benzene rings is 1. The van der Waals surface area contributed by atoms with E-state index in [1.165, 1.54) is 19.3 Å². The van der Waals surface area contributed by atoms with Gasteiger partial charge >= 0.3 is 0 Å². The molecule has 1 aromatic carbocycles. The second-order valence-corrected chi connectivity index (χ2v) is 7.17. The van der Waals surface area contributed by atoms with Crippen LogP contribution in [-0.2, 0) is 11.3 Å². The van der Waals surface area contributed by atoms with Crippen molar-refractivity contribution in [3.8, 4) is 5.75 Å². The van der Waals surface area contributed by atoms with E-state index in [1.54, 1.807) is 26.1 Å². The summed E-state index contributed by atoms with van der Waals surface area (Å²) in [4.78, 5) is 18.2. The third-order valence-electron chi connectivity index (χ3n) is 4.89. The molecule has 0 heterocycles. The Morgan fingerprint density at radius 1 is 1.30 bits per heavy atom. The van der Waals surface area contributed by atoms with E-state index < -0.39 is 0 Å². The van der Waals surface area contributed by atoms with Gasteiger partial charge in [0.05, 0.1) is 20.2 Å². The number of halogens is 1. The molecule has 0 spiro atoms. The summed E-state index contributed by atoms with van der Waals surface area (Å²) < 4.78 is 5.27. The van der Waals surface area contributed by atoms with Gasteiger partial charge in [-0.05, 0) is 36.5 Å². The maximum absolute atomic E-state index is 11.9. The third-order valence-corrected chi connectivity index (χ3v) is 4.89. The van der Waals surface area contributed by atoms with Gasteiger partial charge in [0.1, 0.15) is 5.75 Å². The van der Waals surface area contributed by atoms with E-state index in [1.807, 2.05) is 24.3 Å². The fourth-order valence-corrected chi connectivity index (χ4v) is 3.12. The molecule has 0 saturated heterocycles. The highest BCUT2D eigenvalue weighted by molar-refractivity contribution is 14.0. The number of nitrogens with one attached hydrogen (secondary N) is 2. The van der Waals surface area contributed by atoms with Crippen LogP contribution in [0.4, 0.5) is 0 Å². The summed E-state index contributed by atoms with van der Waals surface area (Å²) in [5, 5.41) is 6.72. The molecule has 0 aromatic heterocycles. The average molecular weight is 488 g/mol. The lowest BCUT2D eigenvalue weighted by molar-refractivity contribution is -0.127. The van der Waals surface area contributed by atoms with E-state index in [-0.39, 0.29) is 36.4 Å². The minimum Gasteiger partial charge on any atom is -0.497 e. The van der Waals surface area contributed by atoms with Crippen molar-refractivity contribution >= 4 is 35.8 Å². The number of methoxy groups -OCH3 is 1. The van der Waals surface area contributed by atoms with Gasteiger partial charge in [-0.25, -0.2) is 4.99 Å². The van der Waals surface area contributed by atoms with Gasteiger partial charge in [-0.15, -0.1) is 24.0 Å². The van der Waals surface area contributed by atoms with Crippen LogP contribution in [0.25, 0.3) is 0 Å². The van der Waals surface area contributed by atoms with Gasteiger partial charge in [0.2, 0.25) is 5.91 Å². The molecule has 0 bridgehead atoms. The molecule has 1 aliphatic carbocycles. The number of guanidine groups is 1. The number of aliphatic imine (C=N–C) groups is 1. The monoisotopic (exact) mass is 488 g/mol. The summed E-state index contributed by atoms with van der Waals surface area (Å²) in [7, 11) is 5.18. The van der Waals surface area contributed by atoms with E-state index in [0.717, 1.165) is 17.7 Å². The van der Waals surface area contributed by atoms with Gasteiger partial charge < -0.3 is 20.3 Å². The van der Waals surface area contributed by atoms with Gasteiger partial charge in [0, 0.05) is 20.1 Å². The Bertz CT molecular complexity index is 622. The Kier molecular flexibility index (Phi) is 10.5. The lowest BCUT2D eigenvalue weighted by Crippen LogP contribution is -2.49. The molecule has 1 aromatic rings. The normalized spacial score (nSPS) is 19.6. The van der Waals surface area contributed by atoms with Crippen LogP contribution in [-0.4, -0.2) is 50.6 Å². The van der Waals surface area contributed by atoms with E-state index in [0.29, 0.717) is 24.5 Å². The number of carbonyl (C=O) groups excluding carboxylic acids is 1. The quantitative estimate of drug-likeness (QED) is 0.367. The molecule has 152 valence electrons. The van der Waals surface area contributed by atoms with Gasteiger partial charge in [0.15, 0.2) is 5.96 Å². The maximum atomic E-state index is 11.9. The molecule has 1 aliphatic rings. The number of nitrogens with zero attached hydrogens (tertiary/aromatic N) is 2. The summed E-state index contributed by atoms with van der Waals surface area (Å²) in [6.45, 7) is 3.04. The van der Waals surface area contributed by atoms with Crippen LogP contribution in [0.3, 0.4) is 0 Å². The highest BCUT2D eigenvalue weighted by atomic mass is 127. The van der Waals surface area contributed by atoms with Crippen LogP contribution in [0.5, 0.6) is 5.75 Å². The summed E-state index contributed by atoms with van der Waals surface area (Å²) in [6.07, 6.45) is 4.91. The van der Waals surface area contributed by atoms with Crippen molar-refractivity contribution in [3.63, 3.8) is 0 Å². The van der Waals surface area contributed by atoms with Crippen LogP contribution in [0.15, 0.2) is 29.3 Å². The number of likely N-dealkylation sites (N-methyl/N-ethyl adjacent to an activating group) is 1. The zero-order valence-electron chi connectivity index (χ0n) is 16.8. The van der Waals surface area contributed by atoms with Crippen molar-refractivity contribution < 1.29 is 9.53 Å². The van der Waals surface area contributed by atoms with Gasteiger partial charge in [0.25, 0.3) is 0 Å². The Morgan fingerprint density at radius 3 is 2.70 bits per heavy atom. The van der Waals surface area contributed by atoms with Crippen LogP contribution >= 0.6 is 24.0 Å². The lowest BCUT2D eigenvalue weighted by Gasteiger charge is -2.31. The second kappa shape index (κ2) is 12.0. The Hall–Kier alpha value is -1.51. The van der Waals surface area contributed by atoms with Crippen molar-refractivity contribution in [3.05, 3.63) is 29.8 Å². The molecule has 1 saturated carbocycles. The summed E-state index contributed by atoms with van der Waals surface area (Å²) in [6, 6.07) is 8.29. The standard InChI is InChI=1S/C20H32N4O2.HI/c1-15-8-5-6-11-18(15)23-20(22-14-19(25)24(2)3)21-13-16-9-7-10-17(12-16)26-4;/h7,9-10,12,15,18H,5-6,8,11,13-14H2,1-4H3,(H2,21,22,23);1H. The lowest BCUT2D eigenvalue weighted by atomic mass is 9.86. The van der Waals surface area contributed by atoms with Crippen LogP contribution < -0.4 is 15.4 Å². The highest BCUT2D eigenvalue weighted by Gasteiger charge is 2.22. The Morgan fingerprint density at radius 2 is 2.04 bits per heavy atom. The first-order chi connectivity index (χ1) is 12.5. The Labute approximate surface area is 180 Å². The molecule has 1 amide bonds. The zero-order valence-corrected chi connectivity index (χ0v) is 19.2. The molecule has 2 rings (SSSR count). The first-order valence-corrected chi connectivity index (χ1v) is 9.37. The average Bonchev–Trinajstić information content (AvgIpc) is 2.65. The molecule has 6 nitrogen and oxygen atoms in total. The fraction of sp³-hybridized carbons (Fsp3) is 0.600. The fourth-order valence-electron chi connectivity index (χ4n) is 3.12. The number of amides is 1. The van der Waals surface area contributed by atoms with Gasteiger partial charge in [-0.1, -0.05) is 31.9 Å². The van der Waals surface area contributed by atoms with E-state index in [9.17, 15) is 4.79 Å². The molecular formula is C20H33IN4O2. The number of carbonyl (C=O) groups is 1. The van der Waals surface area contributed by atoms with Crippen molar-refractivity contribution in [2.75, 3.05) is 27.7 Å². The summed E-state index contributed by atoms with van der Waals surface area (Å²) >= 11 is 0. The van der Waals surface area contributed by atoms with E-state index in [4.69, 9.17) is 9.73 Å². The van der Waals surface area contributed by atoms with Crippen molar-refractivity contribution in [1.82, 2.24) is 15.5 Å².